The van der Waals surface area contributed by atoms with Crippen molar-refractivity contribution in [2.75, 3.05) is 18.1 Å². The summed E-state index contributed by atoms with van der Waals surface area (Å²) in [5, 5.41) is 3.53. The van der Waals surface area contributed by atoms with Crippen LogP contribution in [0.3, 0.4) is 0 Å². The van der Waals surface area contributed by atoms with Crippen molar-refractivity contribution >= 4 is 17.7 Å². The van der Waals surface area contributed by atoms with Crippen LogP contribution in [-0.4, -0.2) is 29.6 Å². The lowest BCUT2D eigenvalue weighted by molar-refractivity contribution is -0.144. The second kappa shape index (κ2) is 6.25. The van der Waals surface area contributed by atoms with Gasteiger partial charge in [-0.25, -0.2) is 0 Å². The van der Waals surface area contributed by atoms with Crippen LogP contribution in [0.5, 0.6) is 0 Å². The molecule has 1 fully saturated rings. The molecule has 1 saturated heterocycles. The normalized spacial score (nSPS) is 16.9. The van der Waals surface area contributed by atoms with Gasteiger partial charge < -0.3 is 4.74 Å². The lowest BCUT2D eigenvalue weighted by Crippen LogP contribution is -2.60. The third-order valence-corrected chi connectivity index (χ3v) is 4.79. The number of esters is 1. The monoisotopic (exact) mass is 266 g/mol. The number of nitrogens with one attached hydrogen (secondary N) is 1. The molecule has 18 heavy (non-hydrogen) atoms. The molecule has 0 spiro atoms. The van der Waals surface area contributed by atoms with E-state index in [9.17, 15) is 4.79 Å². The van der Waals surface area contributed by atoms with Crippen molar-refractivity contribution in [1.29, 1.82) is 0 Å². The topological polar surface area (TPSA) is 38.3 Å². The molecular formula is C14H20NO2S+. The smallest absolute Gasteiger partial charge is 0.308 e. The predicted octanol–water partition coefficient (Wildman–Crippen LogP) is 1.30. The predicted molar refractivity (Wildman–Crippen MR) is 75.8 cm³/mol. The van der Waals surface area contributed by atoms with Gasteiger partial charge in [0, 0.05) is 6.54 Å². The molecule has 0 radical (unpaired) electrons. The Balaban J connectivity index is 1.87. The quantitative estimate of drug-likeness (QED) is 0.479. The van der Waals surface area contributed by atoms with E-state index < -0.39 is 0 Å². The van der Waals surface area contributed by atoms with Crippen molar-refractivity contribution in [2.45, 2.75) is 25.4 Å². The van der Waals surface area contributed by atoms with Gasteiger partial charge in [-0.15, -0.1) is 0 Å². The number of carbonyl (C=O) groups is 1. The summed E-state index contributed by atoms with van der Waals surface area (Å²) in [7, 11) is 0. The molecule has 0 unspecified atom stereocenters. The van der Waals surface area contributed by atoms with Gasteiger partial charge >= 0.3 is 5.97 Å². The summed E-state index contributed by atoms with van der Waals surface area (Å²) in [6.45, 7) is 3.13. The summed E-state index contributed by atoms with van der Waals surface area (Å²) < 4.78 is 5.04. The minimum absolute atomic E-state index is 0.0380. The molecule has 0 atom stereocenters. The number of thiol groups is 1. The Labute approximate surface area is 112 Å². The largest absolute Gasteiger partial charge is 0.466 e. The average Bonchev–Trinajstić information content (AvgIpc) is 2.34. The first-order valence-corrected chi connectivity index (χ1v) is 7.58. The second-order valence-corrected chi connectivity index (χ2v) is 5.72. The number of benzene rings is 1. The average molecular weight is 266 g/mol. The fourth-order valence-electron chi connectivity index (χ4n) is 2.04. The fraction of sp³-hybridized carbons (Fsp3) is 0.500. The van der Waals surface area contributed by atoms with Crippen LogP contribution in [-0.2, 0) is 27.8 Å². The number of carbonyl (C=O) groups excluding carboxylic acids is 1. The van der Waals surface area contributed by atoms with E-state index in [1.807, 2.05) is 25.1 Å². The Morgan fingerprint density at radius 2 is 2.11 bits per heavy atom. The Bertz CT molecular complexity index is 390. The molecule has 0 amide bonds. The number of ether oxygens (including phenoxy) is 1. The highest BCUT2D eigenvalue weighted by atomic mass is 32.2. The van der Waals surface area contributed by atoms with E-state index in [2.05, 4.69) is 17.4 Å². The van der Waals surface area contributed by atoms with Crippen molar-refractivity contribution in [1.82, 2.24) is 5.32 Å². The first-order valence-electron chi connectivity index (χ1n) is 6.32. The first-order chi connectivity index (χ1) is 8.74. The van der Waals surface area contributed by atoms with E-state index in [0.29, 0.717) is 13.0 Å². The Morgan fingerprint density at radius 1 is 1.39 bits per heavy atom. The molecule has 1 heterocycles. The van der Waals surface area contributed by atoms with E-state index in [4.69, 9.17) is 4.74 Å². The van der Waals surface area contributed by atoms with Crippen molar-refractivity contribution in [3.63, 3.8) is 0 Å². The zero-order valence-electron chi connectivity index (χ0n) is 10.7. The highest BCUT2D eigenvalue weighted by molar-refractivity contribution is 7.80. The summed E-state index contributed by atoms with van der Waals surface area (Å²) in [5.74, 6) is 1.99. The van der Waals surface area contributed by atoms with Crippen molar-refractivity contribution in [3.8, 4) is 0 Å². The third kappa shape index (κ3) is 3.50. The maximum Gasteiger partial charge on any atom is 0.308 e. The van der Waals surface area contributed by atoms with E-state index in [0.717, 1.165) is 18.1 Å². The lowest BCUT2D eigenvalue weighted by Gasteiger charge is -2.34. The Hall–Kier alpha value is -1.00. The summed E-state index contributed by atoms with van der Waals surface area (Å²) in [4.78, 5) is 11.6. The zero-order valence-corrected chi connectivity index (χ0v) is 11.6. The molecule has 1 aliphatic rings. The van der Waals surface area contributed by atoms with Crippen molar-refractivity contribution in [2.24, 2.45) is 0 Å². The van der Waals surface area contributed by atoms with Gasteiger partial charge in [0.2, 0.25) is 0 Å². The van der Waals surface area contributed by atoms with Crippen LogP contribution in [0.1, 0.15) is 18.9 Å². The van der Waals surface area contributed by atoms with Gasteiger partial charge in [-0.3, -0.25) is 10.1 Å². The molecule has 1 N–H and O–H groups in total. The maximum atomic E-state index is 11.6. The van der Waals surface area contributed by atoms with Crippen molar-refractivity contribution < 1.29 is 9.53 Å². The van der Waals surface area contributed by atoms with Gasteiger partial charge in [-0.05, 0) is 24.2 Å². The lowest BCUT2D eigenvalue weighted by atomic mass is 9.98. The second-order valence-electron chi connectivity index (χ2n) is 4.64. The summed E-state index contributed by atoms with van der Waals surface area (Å²) in [6, 6.07) is 10.3. The third-order valence-electron chi connectivity index (χ3n) is 3.13. The van der Waals surface area contributed by atoms with Crippen LogP contribution < -0.4 is 5.32 Å². The highest BCUT2D eigenvalue weighted by Gasteiger charge is 2.46. The van der Waals surface area contributed by atoms with Crippen LogP contribution in [0.15, 0.2) is 30.3 Å². The van der Waals surface area contributed by atoms with E-state index >= 15 is 0 Å². The summed E-state index contributed by atoms with van der Waals surface area (Å²) in [5.41, 5.74) is 1.22. The van der Waals surface area contributed by atoms with Gasteiger partial charge in [0.1, 0.15) is 17.0 Å². The molecule has 0 aromatic heterocycles. The minimum atomic E-state index is -0.0899. The van der Waals surface area contributed by atoms with Gasteiger partial charge in [0.05, 0.1) is 13.0 Å². The van der Waals surface area contributed by atoms with E-state index in [1.54, 1.807) is 0 Å². The number of rotatable bonds is 6. The molecule has 98 valence electrons. The van der Waals surface area contributed by atoms with Gasteiger partial charge in [-0.1, -0.05) is 30.3 Å². The fourth-order valence-corrected chi connectivity index (χ4v) is 3.25. The van der Waals surface area contributed by atoms with Gasteiger partial charge in [0.25, 0.3) is 0 Å². The van der Waals surface area contributed by atoms with Crippen molar-refractivity contribution in [3.05, 3.63) is 35.9 Å². The SMILES string of the molecule is CCOC(=O)CC1(NCc2ccccc2)C[SH+]C1. The van der Waals surface area contributed by atoms with Crippen LogP contribution in [0.2, 0.25) is 0 Å². The van der Waals surface area contributed by atoms with E-state index in [1.165, 1.54) is 17.3 Å². The molecule has 2 rings (SSSR count). The molecule has 3 nitrogen and oxygen atoms in total. The molecule has 1 aromatic carbocycles. The van der Waals surface area contributed by atoms with Gasteiger partial charge in [0.15, 0.2) is 0 Å². The highest BCUT2D eigenvalue weighted by Crippen LogP contribution is 2.23. The number of hydrogen-bond donors (Lipinski definition) is 1. The number of hydrogen-bond acceptors (Lipinski definition) is 3. The molecular weight excluding hydrogens is 246 g/mol. The van der Waals surface area contributed by atoms with Gasteiger partial charge in [-0.2, -0.15) is 0 Å². The standard InChI is InChI=1S/C14H19NO2S/c1-2-17-13(16)8-14(10-18-11-14)15-9-12-6-4-3-5-7-12/h3-7,15H,2,8-11H2,1H3/p+1. The zero-order chi connectivity index (χ0) is 12.8. The van der Waals surface area contributed by atoms with Crippen LogP contribution in [0.25, 0.3) is 0 Å². The Kier molecular flexibility index (Phi) is 4.66. The molecule has 1 aliphatic heterocycles. The van der Waals surface area contributed by atoms with E-state index in [-0.39, 0.29) is 11.5 Å². The van der Waals surface area contributed by atoms with Crippen LogP contribution in [0.4, 0.5) is 0 Å². The Morgan fingerprint density at radius 3 is 2.67 bits per heavy atom. The first kappa shape index (κ1) is 13.4. The minimum Gasteiger partial charge on any atom is -0.466 e. The molecule has 0 aliphatic carbocycles. The van der Waals surface area contributed by atoms with Crippen LogP contribution in [0, 0.1) is 0 Å². The molecule has 1 aromatic rings. The van der Waals surface area contributed by atoms with Crippen LogP contribution >= 0.6 is 0 Å². The maximum absolute atomic E-state index is 11.6. The molecule has 0 saturated carbocycles. The summed E-state index contributed by atoms with van der Waals surface area (Å²) in [6.07, 6.45) is 0.487. The molecule has 0 bridgehead atoms. The summed E-state index contributed by atoms with van der Waals surface area (Å²) >= 11 is 1.42. The molecule has 4 heteroatoms.